The summed E-state index contributed by atoms with van der Waals surface area (Å²) in [5.74, 6) is -0.599. The predicted octanol–water partition coefficient (Wildman–Crippen LogP) is 1.76. The second-order valence-electron chi connectivity index (χ2n) is 5.87. The van der Waals surface area contributed by atoms with E-state index in [9.17, 15) is 17.6 Å². The molecule has 0 saturated carbocycles. The fourth-order valence-electron chi connectivity index (χ4n) is 2.27. The van der Waals surface area contributed by atoms with Crippen LogP contribution in [0.3, 0.4) is 0 Å². The Morgan fingerprint density at radius 2 is 1.74 bits per heavy atom. The van der Waals surface area contributed by atoms with E-state index >= 15 is 0 Å². The van der Waals surface area contributed by atoms with Crippen LogP contribution in [0.5, 0.6) is 5.75 Å². The number of ether oxygens (including phenoxy) is 1. The van der Waals surface area contributed by atoms with Crippen LogP contribution in [0, 0.1) is 5.82 Å². The number of amides is 1. The second kappa shape index (κ2) is 8.83. The van der Waals surface area contributed by atoms with Crippen molar-refractivity contribution in [3.63, 3.8) is 0 Å². The van der Waals surface area contributed by atoms with Crippen LogP contribution in [-0.4, -0.2) is 46.4 Å². The molecule has 7 nitrogen and oxygen atoms in total. The Morgan fingerprint density at radius 3 is 2.30 bits per heavy atom. The monoisotopic (exact) mass is 395 g/mol. The lowest BCUT2D eigenvalue weighted by Gasteiger charge is -2.27. The third kappa shape index (κ3) is 5.18. The molecule has 0 radical (unpaired) electrons. The van der Waals surface area contributed by atoms with E-state index in [-0.39, 0.29) is 12.2 Å². The zero-order valence-electron chi connectivity index (χ0n) is 15.3. The van der Waals surface area contributed by atoms with E-state index in [2.05, 4.69) is 5.32 Å². The van der Waals surface area contributed by atoms with Gasteiger partial charge in [0.05, 0.1) is 12.8 Å². The number of hydrogen-bond acceptors (Lipinski definition) is 4. The number of nitrogens with one attached hydrogen (secondary N) is 1. The number of carbonyl (C=O) groups is 1. The molecule has 1 N–H and O–H groups in total. The van der Waals surface area contributed by atoms with Crippen molar-refractivity contribution in [2.24, 2.45) is 0 Å². The van der Waals surface area contributed by atoms with Gasteiger partial charge in [0.1, 0.15) is 18.1 Å². The van der Waals surface area contributed by atoms with Gasteiger partial charge in [-0.1, -0.05) is 24.3 Å². The second-order valence-corrected chi connectivity index (χ2v) is 7.94. The zero-order chi connectivity index (χ0) is 20.0. The van der Waals surface area contributed by atoms with Gasteiger partial charge in [0.15, 0.2) is 0 Å². The quantitative estimate of drug-likeness (QED) is 0.739. The molecule has 27 heavy (non-hydrogen) atoms. The molecule has 0 aliphatic rings. The van der Waals surface area contributed by atoms with Crippen LogP contribution in [0.4, 0.5) is 10.1 Å². The smallest absolute Gasteiger partial charge is 0.304 e. The molecule has 0 bridgehead atoms. The highest BCUT2D eigenvalue weighted by Gasteiger charge is 2.29. The van der Waals surface area contributed by atoms with Gasteiger partial charge < -0.3 is 10.1 Å². The van der Waals surface area contributed by atoms with E-state index in [0.29, 0.717) is 5.75 Å². The van der Waals surface area contributed by atoms with Gasteiger partial charge in [0.2, 0.25) is 5.91 Å². The van der Waals surface area contributed by atoms with Gasteiger partial charge in [-0.15, -0.1) is 0 Å². The molecular formula is C18H22FN3O4S. The maximum absolute atomic E-state index is 14.1. The van der Waals surface area contributed by atoms with Gasteiger partial charge >= 0.3 is 10.2 Å². The van der Waals surface area contributed by atoms with Crippen molar-refractivity contribution in [3.05, 3.63) is 59.9 Å². The van der Waals surface area contributed by atoms with Gasteiger partial charge in [-0.3, -0.25) is 4.79 Å². The fourth-order valence-corrected chi connectivity index (χ4v) is 3.34. The summed E-state index contributed by atoms with van der Waals surface area (Å²) in [4.78, 5) is 12.3. The Hall–Kier alpha value is -2.65. The summed E-state index contributed by atoms with van der Waals surface area (Å²) in [6.45, 7) is -0.340. The lowest BCUT2D eigenvalue weighted by atomic mass is 10.2. The third-order valence-corrected chi connectivity index (χ3v) is 5.60. The van der Waals surface area contributed by atoms with E-state index < -0.39 is 28.5 Å². The molecule has 2 aromatic carbocycles. The molecule has 146 valence electrons. The Bertz CT molecular complexity index is 886. The normalized spacial score (nSPS) is 11.3. The summed E-state index contributed by atoms with van der Waals surface area (Å²) >= 11 is 0. The first-order chi connectivity index (χ1) is 12.8. The largest absolute Gasteiger partial charge is 0.497 e. The molecule has 0 aliphatic carbocycles. The molecular weight excluding hydrogens is 373 g/mol. The number of anilines is 1. The highest BCUT2D eigenvalue weighted by Crippen LogP contribution is 2.22. The number of hydrogen-bond donors (Lipinski definition) is 1. The molecule has 0 heterocycles. The van der Waals surface area contributed by atoms with Crippen molar-refractivity contribution >= 4 is 21.8 Å². The summed E-state index contributed by atoms with van der Waals surface area (Å²) in [5.41, 5.74) is 0.628. The van der Waals surface area contributed by atoms with E-state index in [0.717, 1.165) is 20.2 Å². The molecule has 9 heteroatoms. The van der Waals surface area contributed by atoms with E-state index in [1.165, 1.54) is 32.3 Å². The molecule has 0 spiro atoms. The lowest BCUT2D eigenvalue weighted by molar-refractivity contribution is -0.119. The van der Waals surface area contributed by atoms with Crippen LogP contribution in [0.25, 0.3) is 0 Å². The minimum atomic E-state index is -4.05. The highest BCUT2D eigenvalue weighted by molar-refractivity contribution is 7.90. The van der Waals surface area contributed by atoms with Crippen LogP contribution in [-0.2, 0) is 21.5 Å². The molecule has 1 amide bonds. The first-order valence-corrected chi connectivity index (χ1v) is 9.49. The number of para-hydroxylation sites is 1. The van der Waals surface area contributed by atoms with Crippen LogP contribution in [0.2, 0.25) is 0 Å². The van der Waals surface area contributed by atoms with E-state index in [1.54, 1.807) is 31.4 Å². The number of rotatable bonds is 8. The summed E-state index contributed by atoms with van der Waals surface area (Å²) < 4.78 is 46.0. The van der Waals surface area contributed by atoms with Crippen molar-refractivity contribution in [3.8, 4) is 5.75 Å². The van der Waals surface area contributed by atoms with Gasteiger partial charge in [-0.2, -0.15) is 12.7 Å². The fraction of sp³-hybridized carbons (Fsp3) is 0.278. The Kier molecular flexibility index (Phi) is 6.75. The number of nitrogens with zero attached hydrogens (tertiary/aromatic N) is 2. The summed E-state index contributed by atoms with van der Waals surface area (Å²) in [6.07, 6.45) is 0. The standard InChI is InChI=1S/C18H22FN3O4S/c1-21(2)27(24,25)22(17-7-5-4-6-16(17)19)13-18(23)20-12-14-8-10-15(26-3)11-9-14/h4-11H,12-13H2,1-3H3,(H,20,23). The highest BCUT2D eigenvalue weighted by atomic mass is 32.2. The third-order valence-electron chi connectivity index (χ3n) is 3.80. The maximum Gasteiger partial charge on any atom is 0.304 e. The molecule has 0 aromatic heterocycles. The number of carbonyl (C=O) groups excluding carboxylic acids is 1. The first kappa shape index (κ1) is 20.7. The van der Waals surface area contributed by atoms with Crippen LogP contribution >= 0.6 is 0 Å². The molecule has 0 saturated heterocycles. The molecule has 0 unspecified atom stereocenters. The Balaban J connectivity index is 2.14. The van der Waals surface area contributed by atoms with Crippen LogP contribution in [0.1, 0.15) is 5.56 Å². The minimum absolute atomic E-state index is 0.189. The van der Waals surface area contributed by atoms with Crippen molar-refractivity contribution in [2.75, 3.05) is 32.1 Å². The molecule has 0 aliphatic heterocycles. The SMILES string of the molecule is COc1ccc(CNC(=O)CN(c2ccccc2F)S(=O)(=O)N(C)C)cc1. The van der Waals surface area contributed by atoms with E-state index in [4.69, 9.17) is 4.74 Å². The zero-order valence-corrected chi connectivity index (χ0v) is 16.2. The van der Waals surface area contributed by atoms with Crippen molar-refractivity contribution < 1.29 is 22.3 Å². The minimum Gasteiger partial charge on any atom is -0.497 e. The first-order valence-electron chi connectivity index (χ1n) is 8.10. The summed E-state index contributed by atoms with van der Waals surface area (Å²) in [6, 6.07) is 12.5. The summed E-state index contributed by atoms with van der Waals surface area (Å²) in [5, 5.41) is 2.64. The Morgan fingerprint density at radius 1 is 1.11 bits per heavy atom. The number of methoxy groups -OCH3 is 1. The van der Waals surface area contributed by atoms with Crippen molar-refractivity contribution in [2.45, 2.75) is 6.54 Å². The summed E-state index contributed by atoms with van der Waals surface area (Å²) in [7, 11) is 0.138. The molecule has 2 aromatic rings. The Labute approximate surface area is 158 Å². The van der Waals surface area contributed by atoms with Gasteiger partial charge in [-0.25, -0.2) is 8.70 Å². The van der Waals surface area contributed by atoms with Crippen LogP contribution < -0.4 is 14.4 Å². The predicted molar refractivity (Wildman–Crippen MR) is 101 cm³/mol. The molecule has 0 fully saturated rings. The van der Waals surface area contributed by atoms with Gasteiger partial charge in [0, 0.05) is 20.6 Å². The topological polar surface area (TPSA) is 79.0 Å². The van der Waals surface area contributed by atoms with Crippen molar-refractivity contribution in [1.29, 1.82) is 0 Å². The van der Waals surface area contributed by atoms with Crippen LogP contribution in [0.15, 0.2) is 48.5 Å². The maximum atomic E-state index is 14.1. The average Bonchev–Trinajstić information content (AvgIpc) is 2.65. The van der Waals surface area contributed by atoms with Gasteiger partial charge in [-0.05, 0) is 29.8 Å². The van der Waals surface area contributed by atoms with E-state index in [1.807, 2.05) is 0 Å². The van der Waals surface area contributed by atoms with Gasteiger partial charge in [0.25, 0.3) is 0 Å². The van der Waals surface area contributed by atoms with Crippen molar-refractivity contribution in [1.82, 2.24) is 9.62 Å². The molecule has 2 rings (SSSR count). The number of halogens is 1. The molecule has 0 atom stereocenters. The lowest BCUT2D eigenvalue weighted by Crippen LogP contribution is -2.46. The number of benzene rings is 2. The average molecular weight is 395 g/mol.